The van der Waals surface area contributed by atoms with E-state index in [1.54, 1.807) is 24.3 Å². The zero-order valence-corrected chi connectivity index (χ0v) is 38.4. The number of unbranched alkanes of at least 4 members (excludes halogenated alkanes) is 2. The number of carbonyl (C=O) groups excluding carboxylic acids is 2. The molecule has 0 aromatic heterocycles. The van der Waals surface area contributed by atoms with Gasteiger partial charge in [0.15, 0.2) is 5.71 Å². The Kier molecular flexibility index (Phi) is 12.9. The Bertz CT molecular complexity index is 2660. The molecule has 4 aromatic carbocycles. The molecule has 318 valence electrons. The van der Waals surface area contributed by atoms with Crippen LogP contribution in [-0.4, -0.2) is 65.4 Å². The van der Waals surface area contributed by atoms with Crippen molar-refractivity contribution in [3.05, 3.63) is 153 Å². The van der Waals surface area contributed by atoms with Crippen LogP contribution in [0.1, 0.15) is 104 Å². The number of hydrogen-bond donors (Lipinski definition) is 1. The Morgan fingerprint density at radius 2 is 1.41 bits per heavy atom. The summed E-state index contributed by atoms with van der Waals surface area (Å²) in [7, 11) is -4.01. The maximum atomic E-state index is 13.1. The Hall–Kier alpha value is -4.61. The predicted octanol–water partition coefficient (Wildman–Crippen LogP) is 7.81. The second-order valence-electron chi connectivity index (χ2n) is 17.4. The molecule has 11 heteroatoms. The summed E-state index contributed by atoms with van der Waals surface area (Å²) in [5.74, 6) is -0.674. The molecule has 1 aliphatic carbocycles. The van der Waals surface area contributed by atoms with Crippen LogP contribution in [0, 0.1) is 0 Å². The Labute approximate surface area is 375 Å². The average molecular weight is 923 g/mol. The number of hydrogen-bond acceptors (Lipinski definition) is 5. The molecule has 3 aliphatic heterocycles. The molecule has 0 saturated heterocycles. The lowest BCUT2D eigenvalue weighted by Gasteiger charge is -2.27. The fraction of sp³-hybridized carbons (Fsp3) is 0.340. The number of para-hydroxylation sites is 1. The lowest BCUT2D eigenvalue weighted by Crippen LogP contribution is -3.00. The molecule has 0 fully saturated rings. The van der Waals surface area contributed by atoms with E-state index < -0.39 is 10.1 Å². The summed E-state index contributed by atoms with van der Waals surface area (Å²) in [6.45, 7) is 10.8. The van der Waals surface area contributed by atoms with E-state index >= 15 is 0 Å². The Morgan fingerprint density at radius 3 is 2.15 bits per heavy atom. The molecule has 4 aromatic rings. The fourth-order valence-corrected chi connectivity index (χ4v) is 10.6. The van der Waals surface area contributed by atoms with Crippen molar-refractivity contribution >= 4 is 61.4 Å². The predicted molar refractivity (Wildman–Crippen MR) is 242 cm³/mol. The molecule has 8 rings (SSSR count). The average Bonchev–Trinajstić information content (AvgIpc) is 3.70. The standard InChI is InChI=1S/C50H52ClN3O5S.BrH/c1-49(2)40-22-9-10-23-41(40)52(31-13-14-33-60(57,58)59)43(49)28-25-35-17-15-18-36(46(35)51)26-29-44-50(3,4)45-37-19-6-5-16-34(37)24-27-42(45)53(44)30-11-12-32-54-47(55)38-20-7-8-21-39(38)48(54)56;/h5-10,16,19-29H,11-15,17-18,30-33H2,1-4H3;1H. The van der Waals surface area contributed by atoms with Gasteiger partial charge in [0.2, 0.25) is 5.69 Å². The van der Waals surface area contributed by atoms with Crippen LogP contribution >= 0.6 is 11.6 Å². The van der Waals surface area contributed by atoms with E-state index in [1.165, 1.54) is 38.2 Å². The summed E-state index contributed by atoms with van der Waals surface area (Å²) in [6, 6.07) is 28.4. The third kappa shape index (κ3) is 8.49. The van der Waals surface area contributed by atoms with Crippen LogP contribution in [0.5, 0.6) is 0 Å². The van der Waals surface area contributed by atoms with E-state index in [-0.39, 0.29) is 45.4 Å². The van der Waals surface area contributed by atoms with Crippen molar-refractivity contribution in [1.29, 1.82) is 0 Å². The van der Waals surface area contributed by atoms with Crippen molar-refractivity contribution < 1.29 is 44.1 Å². The zero-order chi connectivity index (χ0) is 42.4. The molecule has 61 heavy (non-hydrogen) atoms. The van der Waals surface area contributed by atoms with Gasteiger partial charge in [-0.1, -0.05) is 92.2 Å². The molecule has 1 N–H and O–H groups in total. The summed E-state index contributed by atoms with van der Waals surface area (Å²) < 4.78 is 34.6. The van der Waals surface area contributed by atoms with Gasteiger partial charge < -0.3 is 21.9 Å². The minimum absolute atomic E-state index is 0. The van der Waals surface area contributed by atoms with Crippen molar-refractivity contribution in [2.45, 2.75) is 83.5 Å². The van der Waals surface area contributed by atoms with Crippen LogP contribution in [0.25, 0.3) is 10.8 Å². The molecule has 2 amide bonds. The van der Waals surface area contributed by atoms with Gasteiger partial charge in [-0.15, -0.1) is 0 Å². The van der Waals surface area contributed by atoms with Gasteiger partial charge in [0, 0.05) is 59.0 Å². The quantitative estimate of drug-likeness (QED) is 0.0637. The van der Waals surface area contributed by atoms with Crippen molar-refractivity contribution in [2.75, 3.05) is 30.3 Å². The first kappa shape index (κ1) is 44.4. The molecule has 4 aliphatic rings. The van der Waals surface area contributed by atoms with Crippen LogP contribution in [0.4, 0.5) is 11.4 Å². The Balaban J connectivity index is 0.00000561. The highest BCUT2D eigenvalue weighted by Gasteiger charge is 2.46. The molecule has 0 radical (unpaired) electrons. The SMILES string of the molecule is CC1(C)C(/C=C/C2=C(Cl)C(=C/C=C3/N(CCCCS(=O)(=O)O)c4ccccc4C3(C)C)/CCC2)=[N+](CCCCN2C(=O)c3ccccc3C2=O)c2ccc3ccccc3c21.[Br-]. The normalized spacial score (nSPS) is 19.4. The molecule has 0 saturated carbocycles. The van der Waals surface area contributed by atoms with Gasteiger partial charge in [-0.2, -0.15) is 13.0 Å². The number of allylic oxidation sites excluding steroid dienone is 8. The van der Waals surface area contributed by atoms with E-state index in [4.69, 9.17) is 11.6 Å². The van der Waals surface area contributed by atoms with Crippen LogP contribution in [-0.2, 0) is 20.9 Å². The first-order chi connectivity index (χ1) is 28.7. The second-order valence-corrected chi connectivity index (χ2v) is 19.4. The molecular weight excluding hydrogens is 870 g/mol. The molecule has 0 spiro atoms. The van der Waals surface area contributed by atoms with E-state index in [2.05, 4.69) is 116 Å². The number of fused-ring (bicyclic) bond motifs is 5. The van der Waals surface area contributed by atoms with Gasteiger partial charge in [0.05, 0.1) is 22.3 Å². The minimum Gasteiger partial charge on any atom is -1.00 e. The number of halogens is 2. The van der Waals surface area contributed by atoms with Crippen molar-refractivity contribution in [2.24, 2.45) is 0 Å². The number of amides is 2. The van der Waals surface area contributed by atoms with Crippen LogP contribution < -0.4 is 21.9 Å². The first-order valence-corrected chi connectivity index (χ1v) is 23.1. The van der Waals surface area contributed by atoms with Gasteiger partial charge in [0.25, 0.3) is 21.9 Å². The monoisotopic (exact) mass is 921 g/mol. The summed E-state index contributed by atoms with van der Waals surface area (Å²) in [4.78, 5) is 29.8. The van der Waals surface area contributed by atoms with E-state index in [9.17, 15) is 22.6 Å². The first-order valence-electron chi connectivity index (χ1n) is 21.1. The van der Waals surface area contributed by atoms with Gasteiger partial charge in [-0.05, 0) is 110 Å². The van der Waals surface area contributed by atoms with Crippen LogP contribution in [0.2, 0.25) is 0 Å². The van der Waals surface area contributed by atoms with Gasteiger partial charge in [-0.3, -0.25) is 19.0 Å². The molecule has 3 heterocycles. The number of benzene rings is 4. The third-order valence-corrected chi connectivity index (χ3v) is 14.1. The summed E-state index contributed by atoms with van der Waals surface area (Å²) in [6.07, 6.45) is 14.0. The topological polar surface area (TPSA) is 98.0 Å². The molecule has 0 bridgehead atoms. The number of imide groups is 1. The number of rotatable bonds is 13. The summed E-state index contributed by atoms with van der Waals surface area (Å²) in [5.41, 5.74) is 9.67. The van der Waals surface area contributed by atoms with Crippen molar-refractivity contribution in [3.8, 4) is 0 Å². The number of anilines is 1. The highest BCUT2D eigenvalue weighted by Crippen LogP contribution is 2.48. The lowest BCUT2D eigenvalue weighted by molar-refractivity contribution is -0.438. The maximum absolute atomic E-state index is 13.1. The Morgan fingerprint density at radius 1 is 0.754 bits per heavy atom. The second kappa shape index (κ2) is 17.6. The lowest BCUT2D eigenvalue weighted by atomic mass is 9.79. The van der Waals surface area contributed by atoms with E-state index in [0.717, 1.165) is 59.8 Å². The third-order valence-electron chi connectivity index (χ3n) is 12.8. The molecular formula is C50H53BrClN3O5S. The maximum Gasteiger partial charge on any atom is 0.264 e. The number of carbonyl (C=O) groups is 2. The zero-order valence-electron chi connectivity index (χ0n) is 35.3. The largest absolute Gasteiger partial charge is 1.00 e. The highest BCUT2D eigenvalue weighted by molar-refractivity contribution is 7.85. The van der Waals surface area contributed by atoms with E-state index in [1.807, 2.05) is 6.07 Å². The van der Waals surface area contributed by atoms with E-state index in [0.29, 0.717) is 43.5 Å². The summed E-state index contributed by atoms with van der Waals surface area (Å²) >= 11 is 7.31. The molecule has 0 atom stereocenters. The minimum atomic E-state index is -4.01. The molecule has 0 unspecified atom stereocenters. The van der Waals surface area contributed by atoms with Crippen LogP contribution in [0.15, 0.2) is 131 Å². The van der Waals surface area contributed by atoms with Gasteiger partial charge in [0.1, 0.15) is 6.54 Å². The van der Waals surface area contributed by atoms with Crippen molar-refractivity contribution in [3.63, 3.8) is 0 Å². The van der Waals surface area contributed by atoms with Gasteiger partial charge in [-0.25, -0.2) is 0 Å². The summed E-state index contributed by atoms with van der Waals surface area (Å²) in [5, 5.41) is 3.21. The molecule has 8 nitrogen and oxygen atoms in total. The smallest absolute Gasteiger partial charge is 0.264 e. The number of nitrogens with zero attached hydrogens (tertiary/aromatic N) is 3. The van der Waals surface area contributed by atoms with Crippen LogP contribution in [0.3, 0.4) is 0 Å². The van der Waals surface area contributed by atoms with Gasteiger partial charge >= 0.3 is 0 Å². The highest BCUT2D eigenvalue weighted by atomic mass is 79.9. The van der Waals surface area contributed by atoms with Crippen molar-refractivity contribution in [1.82, 2.24) is 4.90 Å². The fourth-order valence-electron chi connectivity index (χ4n) is 9.76.